The van der Waals surface area contributed by atoms with Gasteiger partial charge in [0.05, 0.1) is 18.8 Å². The van der Waals surface area contributed by atoms with E-state index in [0.717, 1.165) is 57.1 Å². The predicted molar refractivity (Wildman–Crippen MR) is 141 cm³/mol. The van der Waals surface area contributed by atoms with Gasteiger partial charge < -0.3 is 14.2 Å². The van der Waals surface area contributed by atoms with Crippen molar-refractivity contribution in [2.45, 2.75) is 103 Å². The fourth-order valence-corrected chi connectivity index (χ4v) is 8.70. The van der Waals surface area contributed by atoms with E-state index < -0.39 is 5.79 Å². The molecule has 5 unspecified atom stereocenters. The van der Waals surface area contributed by atoms with E-state index in [1.165, 1.54) is 18.4 Å². The zero-order valence-electron chi connectivity index (χ0n) is 22.7. The summed E-state index contributed by atoms with van der Waals surface area (Å²) in [6.07, 6.45) is 9.81. The van der Waals surface area contributed by atoms with Gasteiger partial charge in [0.2, 0.25) is 0 Å². The molecule has 6 atom stereocenters. The van der Waals surface area contributed by atoms with Crippen LogP contribution in [-0.2, 0) is 24.8 Å². The molecule has 4 aliphatic carbocycles. The first kappa shape index (κ1) is 24.8. The summed E-state index contributed by atoms with van der Waals surface area (Å²) in [7, 11) is 0. The van der Waals surface area contributed by atoms with Crippen molar-refractivity contribution in [3.63, 3.8) is 0 Å². The molecular formula is C32H44O4. The maximum atomic E-state index is 13.3. The van der Waals surface area contributed by atoms with Gasteiger partial charge in [-0.05, 0) is 88.5 Å². The molecule has 4 fully saturated rings. The Kier molecular flexibility index (Phi) is 6.25. The maximum absolute atomic E-state index is 13.3. The fourth-order valence-electron chi connectivity index (χ4n) is 8.70. The van der Waals surface area contributed by atoms with Crippen molar-refractivity contribution in [3.8, 4) is 0 Å². The largest absolute Gasteiger partial charge is 0.375 e. The number of fused-ring (bicyclic) bond motifs is 4. The molecule has 1 aromatic rings. The van der Waals surface area contributed by atoms with Crippen molar-refractivity contribution in [1.82, 2.24) is 0 Å². The highest BCUT2D eigenvalue weighted by Crippen LogP contribution is 2.63. The Bertz CT molecular complexity index is 1030. The molecule has 0 spiro atoms. The quantitative estimate of drug-likeness (QED) is 0.412. The molecule has 0 aromatic heterocycles. The highest BCUT2D eigenvalue weighted by molar-refractivity contribution is 5.87. The minimum Gasteiger partial charge on any atom is -0.375 e. The summed E-state index contributed by atoms with van der Waals surface area (Å²) in [6.45, 7) is 11.0. The lowest BCUT2D eigenvalue weighted by Gasteiger charge is -2.53. The topological polar surface area (TPSA) is 44.8 Å². The van der Waals surface area contributed by atoms with Gasteiger partial charge in [-0.15, -0.1) is 0 Å². The van der Waals surface area contributed by atoms with Gasteiger partial charge in [-0.25, -0.2) is 0 Å². The zero-order valence-corrected chi connectivity index (χ0v) is 22.7. The average molecular weight is 493 g/mol. The normalized spacial score (nSPS) is 39.6. The Morgan fingerprint density at radius 3 is 2.44 bits per heavy atom. The Morgan fingerprint density at radius 1 is 0.972 bits per heavy atom. The summed E-state index contributed by atoms with van der Waals surface area (Å²) < 4.78 is 18.2. The van der Waals surface area contributed by atoms with Crippen molar-refractivity contribution in [2.75, 3.05) is 19.8 Å². The summed E-state index contributed by atoms with van der Waals surface area (Å²) in [6, 6.07) is 8.99. The second kappa shape index (κ2) is 9.06. The van der Waals surface area contributed by atoms with Gasteiger partial charge in [0.25, 0.3) is 0 Å². The van der Waals surface area contributed by atoms with Gasteiger partial charge in [-0.2, -0.15) is 0 Å². The van der Waals surface area contributed by atoms with Crippen LogP contribution in [0.4, 0.5) is 0 Å². The summed E-state index contributed by atoms with van der Waals surface area (Å²) >= 11 is 0. The average Bonchev–Trinajstić information content (AvgIpc) is 3.45. The number of allylic oxidation sites excluding steroid dienone is 2. The molecule has 36 heavy (non-hydrogen) atoms. The molecule has 0 bridgehead atoms. The van der Waals surface area contributed by atoms with Crippen LogP contribution < -0.4 is 0 Å². The van der Waals surface area contributed by atoms with Crippen molar-refractivity contribution in [2.24, 2.45) is 23.2 Å². The van der Waals surface area contributed by atoms with E-state index in [9.17, 15) is 4.79 Å². The number of Topliss-reactive ketones (excluding diaryl/α,β-unsaturated/α-hetero) is 1. The molecule has 1 saturated heterocycles. The first-order chi connectivity index (χ1) is 17.3. The first-order valence-corrected chi connectivity index (χ1v) is 14.5. The van der Waals surface area contributed by atoms with Gasteiger partial charge in [0.15, 0.2) is 5.79 Å². The molecule has 6 rings (SSSR count). The van der Waals surface area contributed by atoms with Crippen LogP contribution in [-0.4, -0.2) is 31.2 Å². The fraction of sp³-hybridized carbons (Fsp3) is 0.719. The summed E-state index contributed by atoms with van der Waals surface area (Å²) in [5, 5.41) is 0. The number of benzene rings is 1. The van der Waals surface area contributed by atoms with Crippen molar-refractivity contribution >= 4 is 5.78 Å². The molecule has 4 nitrogen and oxygen atoms in total. The molecule has 1 aliphatic heterocycles. The van der Waals surface area contributed by atoms with Gasteiger partial charge in [-0.1, -0.05) is 49.3 Å². The van der Waals surface area contributed by atoms with E-state index >= 15 is 0 Å². The molecule has 0 amide bonds. The lowest BCUT2D eigenvalue weighted by atomic mass is 9.52. The predicted octanol–water partition coefficient (Wildman–Crippen LogP) is 7.07. The lowest BCUT2D eigenvalue weighted by Crippen LogP contribution is -2.46. The van der Waals surface area contributed by atoms with Crippen LogP contribution >= 0.6 is 0 Å². The maximum Gasteiger partial charge on any atom is 0.192 e. The minimum absolute atomic E-state index is 0.0119. The van der Waals surface area contributed by atoms with E-state index in [4.69, 9.17) is 14.2 Å². The van der Waals surface area contributed by atoms with Gasteiger partial charge in [-0.3, -0.25) is 4.79 Å². The van der Waals surface area contributed by atoms with Crippen LogP contribution in [0.2, 0.25) is 0 Å². The summed E-state index contributed by atoms with van der Waals surface area (Å²) in [5.74, 6) is 1.92. The van der Waals surface area contributed by atoms with E-state index in [0.29, 0.717) is 42.7 Å². The molecule has 4 heteroatoms. The van der Waals surface area contributed by atoms with Gasteiger partial charge in [0, 0.05) is 29.9 Å². The van der Waals surface area contributed by atoms with E-state index in [1.54, 1.807) is 11.1 Å². The molecule has 5 aliphatic rings. The Balaban J connectivity index is 1.38. The van der Waals surface area contributed by atoms with Crippen molar-refractivity contribution in [3.05, 3.63) is 46.5 Å². The molecule has 1 aromatic carbocycles. The smallest absolute Gasteiger partial charge is 0.192 e. The Hall–Kier alpha value is -1.49. The number of carbonyl (C=O) groups is 1. The molecule has 196 valence electrons. The third-order valence-electron chi connectivity index (χ3n) is 10.6. The standard InChI is InChI=1S/C32H44O4/c1-5-16-34-30(2)15-14-24-22(19-30)8-11-25-27-12-13-28(33)31(27,3)20-26(29(24)25)21-6-9-23(10-7-21)32(4)35-17-18-36-32/h6-7,9-10,22,25-27H,5,8,11-20H2,1-4H3/t22?,25?,26-,27?,30?,31?/m1/s1. The van der Waals surface area contributed by atoms with Gasteiger partial charge >= 0.3 is 0 Å². The molecule has 1 heterocycles. The number of ketones is 1. The number of carbonyl (C=O) groups excluding carboxylic acids is 1. The highest BCUT2D eigenvalue weighted by atomic mass is 16.7. The van der Waals surface area contributed by atoms with E-state index in [-0.39, 0.29) is 11.0 Å². The van der Waals surface area contributed by atoms with Crippen molar-refractivity contribution in [1.29, 1.82) is 0 Å². The molecule has 0 radical (unpaired) electrons. The zero-order chi connectivity index (χ0) is 25.1. The highest BCUT2D eigenvalue weighted by Gasteiger charge is 2.57. The monoisotopic (exact) mass is 492 g/mol. The second-order valence-electron chi connectivity index (χ2n) is 12.9. The molecule has 0 N–H and O–H groups in total. The van der Waals surface area contributed by atoms with Crippen LogP contribution in [0.25, 0.3) is 0 Å². The van der Waals surface area contributed by atoms with Gasteiger partial charge in [0.1, 0.15) is 5.78 Å². The summed E-state index contributed by atoms with van der Waals surface area (Å²) in [4.78, 5) is 13.3. The van der Waals surface area contributed by atoms with Crippen LogP contribution in [0.3, 0.4) is 0 Å². The molecule has 3 saturated carbocycles. The molecular weight excluding hydrogens is 448 g/mol. The van der Waals surface area contributed by atoms with E-state index in [2.05, 4.69) is 45.0 Å². The van der Waals surface area contributed by atoms with Crippen LogP contribution in [0.1, 0.15) is 103 Å². The third kappa shape index (κ3) is 3.94. The number of rotatable bonds is 5. The second-order valence-corrected chi connectivity index (χ2v) is 12.9. The minimum atomic E-state index is -0.643. The van der Waals surface area contributed by atoms with Crippen LogP contribution in [0, 0.1) is 23.2 Å². The Morgan fingerprint density at radius 2 is 1.72 bits per heavy atom. The SMILES string of the molecule is CCCOC1(C)CCC2=C3C(CCC2C1)C1CCC(=O)C1(C)C[C@@H]3c1ccc(C2(C)OCCO2)cc1. The summed E-state index contributed by atoms with van der Waals surface area (Å²) in [5.41, 5.74) is 5.73. The van der Waals surface area contributed by atoms with Crippen LogP contribution in [0.15, 0.2) is 35.4 Å². The third-order valence-corrected chi connectivity index (χ3v) is 10.6. The first-order valence-electron chi connectivity index (χ1n) is 14.5. The van der Waals surface area contributed by atoms with Crippen LogP contribution in [0.5, 0.6) is 0 Å². The van der Waals surface area contributed by atoms with E-state index in [1.807, 2.05) is 6.92 Å². The Labute approximate surface area is 217 Å². The number of ether oxygens (including phenoxy) is 3. The number of hydrogen-bond acceptors (Lipinski definition) is 4. The lowest BCUT2D eigenvalue weighted by molar-refractivity contribution is -0.149. The van der Waals surface area contributed by atoms with Crippen molar-refractivity contribution < 1.29 is 19.0 Å². The number of hydrogen-bond donors (Lipinski definition) is 0.